The summed E-state index contributed by atoms with van der Waals surface area (Å²) in [6.07, 6.45) is 0.990. The number of amides is 1. The summed E-state index contributed by atoms with van der Waals surface area (Å²) >= 11 is 4.88. The Labute approximate surface area is 194 Å². The molecule has 0 saturated heterocycles. The third kappa shape index (κ3) is 3.92. The first-order valence-corrected chi connectivity index (χ1v) is 12.2. The molecule has 8 heteroatoms. The molecule has 1 aromatic carbocycles. The minimum atomic E-state index is -0.0401. The molecule has 1 aliphatic heterocycles. The lowest BCUT2D eigenvalue weighted by Crippen LogP contribution is -2.35. The number of fused-ring (bicyclic) bond motifs is 2. The van der Waals surface area contributed by atoms with Crippen molar-refractivity contribution >= 4 is 67.5 Å². The molecule has 0 fully saturated rings. The van der Waals surface area contributed by atoms with Crippen LogP contribution in [-0.4, -0.2) is 28.4 Å². The summed E-state index contributed by atoms with van der Waals surface area (Å²) < 4.78 is 1.18. The molecule has 0 atom stereocenters. The lowest BCUT2D eigenvalue weighted by Gasteiger charge is -2.30. The summed E-state index contributed by atoms with van der Waals surface area (Å²) in [4.78, 5) is 22.3. The summed E-state index contributed by atoms with van der Waals surface area (Å²) in [5, 5.41) is 7.06. The van der Waals surface area contributed by atoms with E-state index in [9.17, 15) is 4.79 Å². The molecule has 4 nitrogen and oxygen atoms in total. The predicted molar refractivity (Wildman–Crippen MR) is 132 cm³/mol. The van der Waals surface area contributed by atoms with Crippen molar-refractivity contribution in [1.29, 1.82) is 0 Å². The SMILES string of the molecule is CC(C)N1CCc2c(sc(NC(=O)c3cccs3)c2-c2nc3ccccc3s2)C1.Cl. The van der Waals surface area contributed by atoms with E-state index in [0.717, 1.165) is 45.5 Å². The number of anilines is 1. The number of para-hydroxylation sites is 1. The Morgan fingerprint density at radius 2 is 2.00 bits per heavy atom. The van der Waals surface area contributed by atoms with Gasteiger partial charge in [-0.15, -0.1) is 46.4 Å². The van der Waals surface area contributed by atoms with Gasteiger partial charge in [-0.05, 0) is 49.4 Å². The van der Waals surface area contributed by atoms with Crippen molar-refractivity contribution in [2.24, 2.45) is 0 Å². The number of carbonyl (C=O) groups is 1. The standard InChI is InChI=1S/C22H21N3OS3.ClH/c1-13(2)25-10-9-14-18(12-25)29-22(24-20(26)17-8-5-11-27-17)19(14)21-23-15-6-3-4-7-16(15)28-21;/h3-8,11,13H,9-10,12H2,1-2H3,(H,24,26);1H. The summed E-state index contributed by atoms with van der Waals surface area (Å²) in [5.41, 5.74) is 3.49. The van der Waals surface area contributed by atoms with Crippen molar-refractivity contribution in [2.45, 2.75) is 32.9 Å². The molecule has 0 saturated carbocycles. The molecule has 1 N–H and O–H groups in total. The van der Waals surface area contributed by atoms with Gasteiger partial charge in [0.05, 0.1) is 15.1 Å². The summed E-state index contributed by atoms with van der Waals surface area (Å²) in [6, 6.07) is 12.5. The van der Waals surface area contributed by atoms with E-state index >= 15 is 0 Å². The third-order valence-electron chi connectivity index (χ3n) is 5.30. The van der Waals surface area contributed by atoms with Crippen LogP contribution in [-0.2, 0) is 13.0 Å². The monoisotopic (exact) mass is 475 g/mol. The van der Waals surface area contributed by atoms with Crippen molar-refractivity contribution in [2.75, 3.05) is 11.9 Å². The zero-order valence-electron chi connectivity index (χ0n) is 16.7. The molecule has 156 valence electrons. The van der Waals surface area contributed by atoms with Crippen LogP contribution in [0.5, 0.6) is 0 Å². The number of nitrogens with one attached hydrogen (secondary N) is 1. The van der Waals surface area contributed by atoms with Crippen molar-refractivity contribution in [1.82, 2.24) is 9.88 Å². The van der Waals surface area contributed by atoms with E-state index in [0.29, 0.717) is 6.04 Å². The largest absolute Gasteiger partial charge is 0.312 e. The Bertz CT molecular complexity index is 1150. The number of rotatable bonds is 4. The molecule has 0 unspecified atom stereocenters. The zero-order chi connectivity index (χ0) is 20.0. The first-order chi connectivity index (χ1) is 14.1. The van der Waals surface area contributed by atoms with E-state index < -0.39 is 0 Å². The van der Waals surface area contributed by atoms with Crippen LogP contribution in [0.25, 0.3) is 20.8 Å². The Kier molecular flexibility index (Phi) is 6.27. The molecule has 30 heavy (non-hydrogen) atoms. The molecule has 4 aromatic rings. The number of aromatic nitrogens is 1. The van der Waals surface area contributed by atoms with Crippen molar-refractivity contribution < 1.29 is 4.79 Å². The second kappa shape index (κ2) is 8.77. The minimum absolute atomic E-state index is 0. The second-order valence-corrected chi connectivity index (χ2v) is 10.5. The highest BCUT2D eigenvalue weighted by molar-refractivity contribution is 7.23. The highest BCUT2D eigenvalue weighted by Gasteiger charge is 2.28. The number of halogens is 1. The average molecular weight is 476 g/mol. The Balaban J connectivity index is 0.00000218. The zero-order valence-corrected chi connectivity index (χ0v) is 19.9. The lowest BCUT2D eigenvalue weighted by molar-refractivity contribution is 0.103. The van der Waals surface area contributed by atoms with Crippen LogP contribution in [0.3, 0.4) is 0 Å². The maximum atomic E-state index is 12.8. The van der Waals surface area contributed by atoms with Crippen LogP contribution < -0.4 is 5.32 Å². The first kappa shape index (κ1) is 21.5. The number of thiophene rings is 2. The number of nitrogens with zero attached hydrogens (tertiary/aromatic N) is 2. The number of hydrogen-bond acceptors (Lipinski definition) is 6. The summed E-state index contributed by atoms with van der Waals surface area (Å²) in [5.74, 6) is -0.0401. The fourth-order valence-electron chi connectivity index (χ4n) is 3.73. The predicted octanol–water partition coefficient (Wildman–Crippen LogP) is 6.53. The van der Waals surface area contributed by atoms with Gasteiger partial charge in [-0.3, -0.25) is 9.69 Å². The molecule has 4 heterocycles. The molecule has 3 aromatic heterocycles. The highest BCUT2D eigenvalue weighted by Crippen LogP contribution is 2.46. The fraction of sp³-hybridized carbons (Fsp3) is 0.273. The van der Waals surface area contributed by atoms with Crippen LogP contribution in [0.15, 0.2) is 41.8 Å². The first-order valence-electron chi connectivity index (χ1n) is 9.69. The molecule has 0 spiro atoms. The van der Waals surface area contributed by atoms with Gasteiger partial charge in [0, 0.05) is 29.6 Å². The van der Waals surface area contributed by atoms with Crippen molar-refractivity contribution in [3.63, 3.8) is 0 Å². The second-order valence-electron chi connectivity index (χ2n) is 7.44. The van der Waals surface area contributed by atoms with Crippen molar-refractivity contribution in [3.8, 4) is 10.6 Å². The third-order valence-corrected chi connectivity index (χ3v) is 8.35. The minimum Gasteiger partial charge on any atom is -0.312 e. The van der Waals surface area contributed by atoms with Gasteiger partial charge in [-0.2, -0.15) is 0 Å². The molecular formula is C22H22ClN3OS3. The normalized spacial score (nSPS) is 14.0. The maximum absolute atomic E-state index is 12.8. The summed E-state index contributed by atoms with van der Waals surface area (Å²) in [7, 11) is 0. The van der Waals surface area contributed by atoms with Gasteiger partial charge in [-0.25, -0.2) is 4.98 Å². The van der Waals surface area contributed by atoms with Crippen LogP contribution >= 0.6 is 46.4 Å². The van der Waals surface area contributed by atoms with Crippen molar-refractivity contribution in [3.05, 3.63) is 57.1 Å². The quantitative estimate of drug-likeness (QED) is 0.365. The van der Waals surface area contributed by atoms with Crippen LogP contribution in [0.2, 0.25) is 0 Å². The van der Waals surface area contributed by atoms with Gasteiger partial charge < -0.3 is 5.32 Å². The van der Waals surface area contributed by atoms with E-state index in [1.54, 1.807) is 22.7 Å². The van der Waals surface area contributed by atoms with E-state index in [1.165, 1.54) is 26.5 Å². The van der Waals surface area contributed by atoms with Crippen LogP contribution in [0.4, 0.5) is 5.00 Å². The van der Waals surface area contributed by atoms with Gasteiger partial charge in [0.2, 0.25) is 0 Å². The van der Waals surface area contributed by atoms with Gasteiger partial charge in [0.25, 0.3) is 5.91 Å². The van der Waals surface area contributed by atoms with Gasteiger partial charge in [-0.1, -0.05) is 18.2 Å². The van der Waals surface area contributed by atoms with Gasteiger partial charge >= 0.3 is 0 Å². The van der Waals surface area contributed by atoms with E-state index in [2.05, 4.69) is 36.2 Å². The average Bonchev–Trinajstić information content (AvgIpc) is 3.44. The van der Waals surface area contributed by atoms with E-state index in [1.807, 2.05) is 29.6 Å². The molecule has 0 bridgehead atoms. The molecular weight excluding hydrogens is 454 g/mol. The molecule has 1 aliphatic rings. The topological polar surface area (TPSA) is 45.2 Å². The highest BCUT2D eigenvalue weighted by atomic mass is 35.5. The number of carbonyl (C=O) groups excluding carboxylic acids is 1. The van der Waals surface area contributed by atoms with E-state index in [-0.39, 0.29) is 18.3 Å². The van der Waals surface area contributed by atoms with Crippen LogP contribution in [0, 0.1) is 0 Å². The smallest absolute Gasteiger partial charge is 0.266 e. The number of thiazole rings is 1. The number of hydrogen-bond donors (Lipinski definition) is 1. The lowest BCUT2D eigenvalue weighted by atomic mass is 10.0. The Morgan fingerprint density at radius 3 is 2.73 bits per heavy atom. The Hall–Kier alpha value is -1.77. The number of benzene rings is 1. The molecule has 1 amide bonds. The van der Waals surface area contributed by atoms with Crippen LogP contribution in [0.1, 0.15) is 34.0 Å². The maximum Gasteiger partial charge on any atom is 0.266 e. The Morgan fingerprint density at radius 1 is 1.17 bits per heavy atom. The fourth-order valence-corrected chi connectivity index (χ4v) is 6.73. The van der Waals surface area contributed by atoms with Gasteiger partial charge in [0.15, 0.2) is 0 Å². The molecule has 5 rings (SSSR count). The molecule has 0 radical (unpaired) electrons. The van der Waals surface area contributed by atoms with Gasteiger partial charge in [0.1, 0.15) is 10.0 Å². The molecule has 0 aliphatic carbocycles. The summed E-state index contributed by atoms with van der Waals surface area (Å²) in [6.45, 7) is 6.46. The van der Waals surface area contributed by atoms with E-state index in [4.69, 9.17) is 4.98 Å².